The van der Waals surface area contributed by atoms with Gasteiger partial charge in [-0.3, -0.25) is 14.8 Å². The van der Waals surface area contributed by atoms with E-state index < -0.39 is 4.92 Å². The predicted molar refractivity (Wildman–Crippen MR) is 66.3 cm³/mol. The third-order valence-electron chi connectivity index (χ3n) is 2.56. The quantitative estimate of drug-likeness (QED) is 0.637. The predicted octanol–water partition coefficient (Wildman–Crippen LogP) is 1.38. The van der Waals surface area contributed by atoms with Crippen molar-refractivity contribution >= 4 is 11.5 Å². The Kier molecular flexibility index (Phi) is 3.52. The van der Waals surface area contributed by atoms with Crippen LogP contribution in [0.4, 0.5) is 11.5 Å². The fraction of sp³-hybridized carbons (Fsp3) is 0.273. The molecule has 0 aliphatic carbocycles. The van der Waals surface area contributed by atoms with Gasteiger partial charge in [0.1, 0.15) is 5.82 Å². The summed E-state index contributed by atoms with van der Waals surface area (Å²) in [4.78, 5) is 14.2. The van der Waals surface area contributed by atoms with Gasteiger partial charge in [-0.2, -0.15) is 5.10 Å². The lowest BCUT2D eigenvalue weighted by atomic mass is 10.3. The largest absolute Gasteiger partial charge is 0.369 e. The van der Waals surface area contributed by atoms with Crippen molar-refractivity contribution in [1.82, 2.24) is 14.8 Å². The van der Waals surface area contributed by atoms with Gasteiger partial charge in [0, 0.05) is 44.2 Å². The summed E-state index contributed by atoms with van der Waals surface area (Å²) in [5.74, 6) is 0.506. The minimum absolute atomic E-state index is 0.0352. The summed E-state index contributed by atoms with van der Waals surface area (Å²) >= 11 is 0. The maximum absolute atomic E-state index is 10.6. The van der Waals surface area contributed by atoms with Gasteiger partial charge >= 0.3 is 0 Å². The Morgan fingerprint density at radius 1 is 1.44 bits per heavy atom. The lowest BCUT2D eigenvalue weighted by Gasteiger charge is -2.05. The summed E-state index contributed by atoms with van der Waals surface area (Å²) in [5, 5.41) is 17.7. The Labute approximate surface area is 104 Å². The summed E-state index contributed by atoms with van der Waals surface area (Å²) in [5.41, 5.74) is 1.13. The molecule has 0 saturated heterocycles. The molecule has 2 aromatic rings. The topological polar surface area (TPSA) is 85.9 Å². The average Bonchev–Trinajstić information content (AvgIpc) is 2.76. The molecule has 94 valence electrons. The van der Waals surface area contributed by atoms with Gasteiger partial charge in [-0.15, -0.1) is 0 Å². The van der Waals surface area contributed by atoms with Gasteiger partial charge < -0.3 is 5.32 Å². The Morgan fingerprint density at radius 2 is 2.28 bits per heavy atom. The lowest BCUT2D eigenvalue weighted by Crippen LogP contribution is -2.09. The van der Waals surface area contributed by atoms with Crippen LogP contribution in [0.25, 0.3) is 0 Å². The number of nitrogens with one attached hydrogen (secondary N) is 1. The molecule has 1 N–H and O–H groups in total. The molecule has 7 heteroatoms. The lowest BCUT2D eigenvalue weighted by molar-refractivity contribution is -0.384. The number of aryl methyl sites for hydroxylation is 1. The second kappa shape index (κ2) is 5.26. The van der Waals surface area contributed by atoms with E-state index >= 15 is 0 Å². The minimum atomic E-state index is -0.437. The number of anilines is 1. The summed E-state index contributed by atoms with van der Waals surface area (Å²) < 4.78 is 1.79. The Balaban J connectivity index is 1.92. The van der Waals surface area contributed by atoms with Crippen LogP contribution in [0.15, 0.2) is 30.6 Å². The van der Waals surface area contributed by atoms with Crippen molar-refractivity contribution in [3.05, 3.63) is 46.4 Å². The van der Waals surface area contributed by atoms with Crippen molar-refractivity contribution in [1.29, 1.82) is 0 Å². The number of nitrogens with zero attached hydrogens (tertiary/aromatic N) is 4. The van der Waals surface area contributed by atoms with Crippen molar-refractivity contribution in [2.45, 2.75) is 6.42 Å². The summed E-state index contributed by atoms with van der Waals surface area (Å²) in [7, 11) is 1.88. The van der Waals surface area contributed by atoms with E-state index in [-0.39, 0.29) is 5.69 Å². The molecule has 0 aliphatic rings. The SMILES string of the molecule is Cn1nccc1CCNc1cc([N+](=O)[O-])ccn1. The zero-order chi connectivity index (χ0) is 13.0. The molecular formula is C11H13N5O2. The first-order chi connectivity index (χ1) is 8.66. The summed E-state index contributed by atoms with van der Waals surface area (Å²) in [6.07, 6.45) is 3.94. The smallest absolute Gasteiger partial charge is 0.274 e. The van der Waals surface area contributed by atoms with E-state index in [9.17, 15) is 10.1 Å². The van der Waals surface area contributed by atoms with Crippen LogP contribution in [-0.2, 0) is 13.5 Å². The molecule has 2 rings (SSSR count). The van der Waals surface area contributed by atoms with Gasteiger partial charge in [-0.1, -0.05) is 0 Å². The Bertz CT molecular complexity index is 552. The highest BCUT2D eigenvalue weighted by Crippen LogP contribution is 2.13. The van der Waals surface area contributed by atoms with Crippen LogP contribution < -0.4 is 5.32 Å². The van der Waals surface area contributed by atoms with E-state index in [4.69, 9.17) is 0 Å². The molecule has 0 saturated carbocycles. The van der Waals surface area contributed by atoms with Gasteiger partial charge in [-0.25, -0.2) is 4.98 Å². The van der Waals surface area contributed by atoms with E-state index in [1.54, 1.807) is 10.9 Å². The molecule has 7 nitrogen and oxygen atoms in total. The van der Waals surface area contributed by atoms with E-state index in [1.165, 1.54) is 18.3 Å². The van der Waals surface area contributed by atoms with E-state index in [2.05, 4.69) is 15.4 Å². The van der Waals surface area contributed by atoms with Crippen molar-refractivity contribution < 1.29 is 4.92 Å². The van der Waals surface area contributed by atoms with Crippen LogP contribution in [-0.4, -0.2) is 26.2 Å². The third kappa shape index (κ3) is 2.82. The number of rotatable bonds is 5. The van der Waals surface area contributed by atoms with Gasteiger partial charge in [-0.05, 0) is 6.07 Å². The molecule has 0 aromatic carbocycles. The Hall–Kier alpha value is -2.44. The normalized spacial score (nSPS) is 10.3. The molecule has 0 atom stereocenters. The molecule has 2 heterocycles. The van der Waals surface area contributed by atoms with Crippen LogP contribution in [0.3, 0.4) is 0 Å². The fourth-order valence-corrected chi connectivity index (χ4v) is 1.59. The maximum Gasteiger partial charge on any atom is 0.274 e. The van der Waals surface area contributed by atoms with Crippen molar-refractivity contribution in [2.75, 3.05) is 11.9 Å². The first kappa shape index (κ1) is 12.0. The van der Waals surface area contributed by atoms with Crippen molar-refractivity contribution in [2.24, 2.45) is 7.05 Å². The second-order valence-electron chi connectivity index (χ2n) is 3.78. The average molecular weight is 247 g/mol. The highest BCUT2D eigenvalue weighted by atomic mass is 16.6. The fourth-order valence-electron chi connectivity index (χ4n) is 1.59. The first-order valence-corrected chi connectivity index (χ1v) is 5.48. The Morgan fingerprint density at radius 3 is 2.94 bits per heavy atom. The first-order valence-electron chi connectivity index (χ1n) is 5.48. The monoisotopic (exact) mass is 247 g/mol. The van der Waals surface area contributed by atoms with Gasteiger partial charge in [0.2, 0.25) is 0 Å². The molecule has 0 fully saturated rings. The van der Waals surface area contributed by atoms with Gasteiger partial charge in [0.05, 0.1) is 11.0 Å². The molecule has 0 bridgehead atoms. The molecule has 0 aliphatic heterocycles. The number of hydrogen-bond acceptors (Lipinski definition) is 5. The zero-order valence-electron chi connectivity index (χ0n) is 9.91. The van der Waals surface area contributed by atoms with Crippen molar-refractivity contribution in [3.63, 3.8) is 0 Å². The van der Waals surface area contributed by atoms with Crippen LogP contribution in [0.2, 0.25) is 0 Å². The zero-order valence-corrected chi connectivity index (χ0v) is 9.91. The number of hydrogen-bond donors (Lipinski definition) is 1. The third-order valence-corrected chi connectivity index (χ3v) is 2.56. The summed E-state index contributed by atoms with van der Waals surface area (Å²) in [6.45, 7) is 0.647. The van der Waals surface area contributed by atoms with Gasteiger partial charge in [0.15, 0.2) is 0 Å². The van der Waals surface area contributed by atoms with Crippen LogP contribution in [0, 0.1) is 10.1 Å². The van der Waals surface area contributed by atoms with E-state index in [1.807, 2.05) is 13.1 Å². The van der Waals surface area contributed by atoms with E-state index in [0.29, 0.717) is 12.4 Å². The highest BCUT2D eigenvalue weighted by Gasteiger charge is 2.06. The molecule has 0 radical (unpaired) electrons. The molecule has 0 spiro atoms. The summed E-state index contributed by atoms with van der Waals surface area (Å²) in [6, 6.07) is 4.72. The molecule has 0 unspecified atom stereocenters. The second-order valence-corrected chi connectivity index (χ2v) is 3.78. The molecular weight excluding hydrogens is 234 g/mol. The van der Waals surface area contributed by atoms with Crippen LogP contribution >= 0.6 is 0 Å². The minimum Gasteiger partial charge on any atom is -0.369 e. The standard InChI is InChI=1S/C11H13N5O2/c1-15-9(4-7-14-15)2-5-12-11-8-10(16(17)18)3-6-13-11/h3-4,6-8H,2,5H2,1H3,(H,12,13). The molecule has 2 aromatic heterocycles. The van der Waals surface area contributed by atoms with Crippen LogP contribution in [0.1, 0.15) is 5.69 Å². The number of nitro groups is 1. The number of aromatic nitrogens is 3. The molecule has 18 heavy (non-hydrogen) atoms. The van der Waals surface area contributed by atoms with Crippen molar-refractivity contribution in [3.8, 4) is 0 Å². The number of pyridine rings is 1. The maximum atomic E-state index is 10.6. The van der Waals surface area contributed by atoms with E-state index in [0.717, 1.165) is 12.1 Å². The molecule has 0 amide bonds. The van der Waals surface area contributed by atoms with Crippen LogP contribution in [0.5, 0.6) is 0 Å². The van der Waals surface area contributed by atoms with Gasteiger partial charge in [0.25, 0.3) is 5.69 Å². The highest BCUT2D eigenvalue weighted by molar-refractivity contribution is 5.44.